The number of halogens is 3. The van der Waals surface area contributed by atoms with Crippen molar-refractivity contribution in [1.82, 2.24) is 19.3 Å². The second-order valence-electron chi connectivity index (χ2n) is 6.43. The molecule has 6 nitrogen and oxygen atoms in total. The average Bonchev–Trinajstić information content (AvgIpc) is 3.19. The van der Waals surface area contributed by atoms with E-state index in [2.05, 4.69) is 24.2 Å². The van der Waals surface area contributed by atoms with Gasteiger partial charge >= 0.3 is 6.18 Å². The van der Waals surface area contributed by atoms with Gasteiger partial charge in [-0.3, -0.25) is 0 Å². The Bertz CT molecular complexity index is 764. The van der Waals surface area contributed by atoms with E-state index in [0.29, 0.717) is 24.8 Å². The highest BCUT2D eigenvalue weighted by Crippen LogP contribution is 2.37. The number of hydrogen-bond donors (Lipinski definition) is 0. The lowest BCUT2D eigenvalue weighted by Crippen LogP contribution is -2.48. The average molecular weight is 370 g/mol. The van der Waals surface area contributed by atoms with Crippen molar-refractivity contribution in [3.05, 3.63) is 23.9 Å². The van der Waals surface area contributed by atoms with Crippen molar-refractivity contribution in [2.75, 3.05) is 29.4 Å². The molecule has 0 aromatic carbocycles. The van der Waals surface area contributed by atoms with Crippen LogP contribution in [0.25, 0.3) is 0 Å². The number of aromatic nitrogens is 4. The Labute approximate surface area is 146 Å². The molecule has 2 aromatic rings. The number of nitrogens with zero attached hydrogens (tertiary/aromatic N) is 6. The fourth-order valence-electron chi connectivity index (χ4n) is 3.66. The second-order valence-corrected chi connectivity index (χ2v) is 7.16. The van der Waals surface area contributed by atoms with Gasteiger partial charge in [0.2, 0.25) is 5.13 Å². The summed E-state index contributed by atoms with van der Waals surface area (Å²) >= 11 is 1.38. The molecule has 2 atom stereocenters. The molecule has 0 N–H and O–H groups in total. The van der Waals surface area contributed by atoms with Crippen molar-refractivity contribution in [2.24, 2.45) is 5.92 Å². The van der Waals surface area contributed by atoms with Crippen LogP contribution in [0.5, 0.6) is 0 Å². The molecule has 2 aromatic heterocycles. The van der Waals surface area contributed by atoms with Gasteiger partial charge < -0.3 is 9.80 Å². The lowest BCUT2D eigenvalue weighted by molar-refractivity contribution is -0.141. The first-order chi connectivity index (χ1) is 11.9. The molecule has 0 saturated carbocycles. The first-order valence-corrected chi connectivity index (χ1v) is 8.90. The molecule has 0 amide bonds. The summed E-state index contributed by atoms with van der Waals surface area (Å²) in [6, 6.07) is 1.26. The molecule has 0 radical (unpaired) electrons. The van der Waals surface area contributed by atoms with Gasteiger partial charge in [-0.15, -0.1) is 0 Å². The molecule has 134 valence electrons. The van der Waals surface area contributed by atoms with Crippen molar-refractivity contribution in [2.45, 2.75) is 32.0 Å². The SMILES string of the molecule is Cc1nsc(N2CCC3CCN(c4cc(C(F)(F)F)ncn4)CC32)n1. The normalized spacial score (nSPS) is 23.8. The number of fused-ring (bicyclic) bond motifs is 1. The van der Waals surface area contributed by atoms with Crippen molar-refractivity contribution in [3.8, 4) is 0 Å². The Morgan fingerprint density at radius 1 is 1.20 bits per heavy atom. The van der Waals surface area contributed by atoms with Crippen molar-refractivity contribution in [1.29, 1.82) is 0 Å². The molecule has 4 heterocycles. The van der Waals surface area contributed by atoms with Gasteiger partial charge in [-0.2, -0.15) is 17.5 Å². The maximum Gasteiger partial charge on any atom is 0.433 e. The Hall–Kier alpha value is -1.97. The summed E-state index contributed by atoms with van der Waals surface area (Å²) in [6.07, 6.45) is -1.46. The number of alkyl halides is 3. The van der Waals surface area contributed by atoms with Gasteiger partial charge in [0.15, 0.2) is 0 Å². The smallest absolute Gasteiger partial charge is 0.354 e. The summed E-state index contributed by atoms with van der Waals surface area (Å²) in [4.78, 5) is 16.0. The highest BCUT2D eigenvalue weighted by Gasteiger charge is 2.40. The topological polar surface area (TPSA) is 58.0 Å². The summed E-state index contributed by atoms with van der Waals surface area (Å²) in [6.45, 7) is 4.12. The predicted molar refractivity (Wildman–Crippen MR) is 87.8 cm³/mol. The summed E-state index contributed by atoms with van der Waals surface area (Å²) in [5.74, 6) is 1.62. The molecule has 2 saturated heterocycles. The van der Waals surface area contributed by atoms with Crippen LogP contribution in [-0.2, 0) is 6.18 Å². The van der Waals surface area contributed by atoms with E-state index in [4.69, 9.17) is 0 Å². The van der Waals surface area contributed by atoms with E-state index < -0.39 is 11.9 Å². The van der Waals surface area contributed by atoms with Crippen LogP contribution in [0.1, 0.15) is 24.4 Å². The van der Waals surface area contributed by atoms with Crippen molar-refractivity contribution < 1.29 is 13.2 Å². The number of aryl methyl sites for hydroxylation is 1. The van der Waals surface area contributed by atoms with Crippen LogP contribution < -0.4 is 9.80 Å². The van der Waals surface area contributed by atoms with Gasteiger partial charge in [-0.1, -0.05) is 0 Å². The van der Waals surface area contributed by atoms with E-state index >= 15 is 0 Å². The minimum absolute atomic E-state index is 0.227. The Balaban J connectivity index is 1.56. The third kappa shape index (κ3) is 3.14. The van der Waals surface area contributed by atoms with Gasteiger partial charge in [0.1, 0.15) is 23.7 Å². The summed E-state index contributed by atoms with van der Waals surface area (Å²) in [7, 11) is 0. The van der Waals surface area contributed by atoms with Crippen molar-refractivity contribution >= 4 is 22.5 Å². The molecule has 2 aliphatic rings. The fourth-order valence-corrected chi connectivity index (χ4v) is 4.42. The lowest BCUT2D eigenvalue weighted by Gasteiger charge is -2.38. The van der Waals surface area contributed by atoms with E-state index in [0.717, 1.165) is 42.7 Å². The molecular formula is C15H17F3N6S. The van der Waals surface area contributed by atoms with Crippen LogP contribution in [0.15, 0.2) is 12.4 Å². The van der Waals surface area contributed by atoms with Gasteiger partial charge in [-0.25, -0.2) is 15.0 Å². The molecule has 2 aliphatic heterocycles. The van der Waals surface area contributed by atoms with Crippen LogP contribution in [0.2, 0.25) is 0 Å². The summed E-state index contributed by atoms with van der Waals surface area (Å²) in [5, 5.41) is 0.894. The van der Waals surface area contributed by atoms with Crippen LogP contribution >= 0.6 is 11.5 Å². The molecule has 2 fully saturated rings. The van der Waals surface area contributed by atoms with Crippen LogP contribution in [0.3, 0.4) is 0 Å². The zero-order chi connectivity index (χ0) is 17.6. The molecule has 0 spiro atoms. The molecule has 2 unspecified atom stereocenters. The molecular weight excluding hydrogens is 353 g/mol. The highest BCUT2D eigenvalue weighted by atomic mass is 32.1. The predicted octanol–water partition coefficient (Wildman–Crippen LogP) is 2.76. The zero-order valence-electron chi connectivity index (χ0n) is 13.6. The first kappa shape index (κ1) is 16.5. The summed E-state index contributed by atoms with van der Waals surface area (Å²) in [5.41, 5.74) is -0.900. The second kappa shape index (κ2) is 6.08. The number of rotatable bonds is 2. The van der Waals surface area contributed by atoms with Gasteiger partial charge in [-0.05, 0) is 25.7 Å². The first-order valence-electron chi connectivity index (χ1n) is 8.13. The third-order valence-corrected chi connectivity index (χ3v) is 5.74. The Morgan fingerprint density at radius 3 is 2.72 bits per heavy atom. The van der Waals surface area contributed by atoms with E-state index in [1.165, 1.54) is 11.5 Å². The largest absolute Gasteiger partial charge is 0.433 e. The van der Waals surface area contributed by atoms with Gasteiger partial charge in [0, 0.05) is 37.2 Å². The number of anilines is 2. The minimum atomic E-state index is -4.46. The standard InChI is InChI=1S/C15H17F3N6S/c1-9-21-14(25-22-9)24-5-3-10-2-4-23(7-11(10)24)13-6-12(15(16,17)18)19-8-20-13/h6,8,10-11H,2-5,7H2,1H3. The quantitative estimate of drug-likeness (QED) is 0.810. The van der Waals surface area contributed by atoms with Crippen LogP contribution in [0.4, 0.5) is 24.1 Å². The van der Waals surface area contributed by atoms with Crippen molar-refractivity contribution in [3.63, 3.8) is 0 Å². The van der Waals surface area contributed by atoms with E-state index in [9.17, 15) is 13.2 Å². The van der Waals surface area contributed by atoms with Gasteiger partial charge in [0.05, 0.1) is 6.04 Å². The van der Waals surface area contributed by atoms with E-state index in [1.807, 2.05) is 11.8 Å². The monoisotopic (exact) mass is 370 g/mol. The highest BCUT2D eigenvalue weighted by molar-refractivity contribution is 7.09. The Kier molecular flexibility index (Phi) is 4.01. The lowest BCUT2D eigenvalue weighted by atomic mass is 9.92. The fraction of sp³-hybridized carbons (Fsp3) is 0.600. The van der Waals surface area contributed by atoms with Crippen LogP contribution in [0, 0.1) is 12.8 Å². The molecule has 10 heteroatoms. The molecule has 0 aliphatic carbocycles. The van der Waals surface area contributed by atoms with E-state index in [-0.39, 0.29) is 6.04 Å². The third-order valence-electron chi connectivity index (χ3n) is 4.89. The number of hydrogen-bond acceptors (Lipinski definition) is 7. The molecule has 25 heavy (non-hydrogen) atoms. The van der Waals surface area contributed by atoms with Gasteiger partial charge in [0.25, 0.3) is 0 Å². The maximum atomic E-state index is 12.9. The maximum absolute atomic E-state index is 12.9. The zero-order valence-corrected chi connectivity index (χ0v) is 14.4. The van der Waals surface area contributed by atoms with Crippen LogP contribution in [-0.4, -0.2) is 45.0 Å². The molecule has 4 rings (SSSR count). The minimum Gasteiger partial charge on any atom is -0.354 e. The van der Waals surface area contributed by atoms with E-state index in [1.54, 1.807) is 0 Å². The Morgan fingerprint density at radius 2 is 2.00 bits per heavy atom. The molecule has 0 bridgehead atoms. The summed E-state index contributed by atoms with van der Waals surface area (Å²) < 4.78 is 43.0. The number of piperidine rings is 1.